The van der Waals surface area contributed by atoms with Crippen molar-refractivity contribution in [2.45, 2.75) is 12.2 Å². The number of amides is 1. The fourth-order valence-corrected chi connectivity index (χ4v) is 2.37. The van der Waals surface area contributed by atoms with E-state index in [1.807, 2.05) is 0 Å². The van der Waals surface area contributed by atoms with Gasteiger partial charge in [0.25, 0.3) is 0 Å². The van der Waals surface area contributed by atoms with Crippen LogP contribution in [-0.4, -0.2) is 41.5 Å². The molecule has 0 saturated carbocycles. The highest BCUT2D eigenvalue weighted by atomic mass is 19.4. The first-order valence-electron chi connectivity index (χ1n) is 7.29. The number of nitrogens with one attached hydrogen (secondary N) is 2. The summed E-state index contributed by atoms with van der Waals surface area (Å²) in [6.45, 7) is 1.44. The maximum atomic E-state index is 12.9. The number of nitrogens with zero attached hydrogens (tertiary/aromatic N) is 2. The first-order chi connectivity index (χ1) is 11.4. The Bertz CT molecular complexity index is 706. The van der Waals surface area contributed by atoms with E-state index in [2.05, 4.69) is 15.7 Å². The minimum absolute atomic E-state index is 0.252. The highest BCUT2D eigenvalue weighted by Gasteiger charge is 2.35. The van der Waals surface area contributed by atoms with Crippen LogP contribution in [0.3, 0.4) is 0 Å². The summed E-state index contributed by atoms with van der Waals surface area (Å²) < 4.78 is 44.7. The van der Waals surface area contributed by atoms with Gasteiger partial charge in [0.15, 0.2) is 0 Å². The highest BCUT2D eigenvalue weighted by molar-refractivity contribution is 5.95. The van der Waals surface area contributed by atoms with Crippen LogP contribution in [0.25, 0.3) is 5.69 Å². The molecular weight excluding hydrogens is 325 g/mol. The number of anilines is 1. The van der Waals surface area contributed by atoms with E-state index < -0.39 is 17.9 Å². The maximum Gasteiger partial charge on any atom is 0.433 e. The lowest BCUT2D eigenvalue weighted by Gasteiger charge is -2.22. The van der Waals surface area contributed by atoms with Crippen molar-refractivity contribution in [2.75, 3.05) is 25.1 Å². The number of benzene rings is 1. The first kappa shape index (κ1) is 16.5. The molecule has 9 heteroatoms. The molecule has 2 heterocycles. The topological polar surface area (TPSA) is 68.2 Å². The Hall–Kier alpha value is -2.39. The summed E-state index contributed by atoms with van der Waals surface area (Å²) in [5.74, 6) is -0.252. The van der Waals surface area contributed by atoms with Gasteiger partial charge in [0, 0.05) is 12.2 Å². The fraction of sp³-hybridized carbons (Fsp3) is 0.333. The lowest BCUT2D eigenvalue weighted by atomic mass is 10.2. The second-order valence-electron chi connectivity index (χ2n) is 5.24. The van der Waals surface area contributed by atoms with Gasteiger partial charge in [-0.2, -0.15) is 18.3 Å². The number of ether oxygens (including phenoxy) is 1. The largest absolute Gasteiger partial charge is 0.433 e. The van der Waals surface area contributed by atoms with Gasteiger partial charge in [0.1, 0.15) is 11.7 Å². The molecule has 0 spiro atoms. The number of alkyl halides is 3. The summed E-state index contributed by atoms with van der Waals surface area (Å²) in [6, 6.07) is 6.44. The summed E-state index contributed by atoms with van der Waals surface area (Å²) in [7, 11) is 0. The molecule has 0 bridgehead atoms. The Morgan fingerprint density at radius 2 is 2.04 bits per heavy atom. The molecule has 0 aliphatic carbocycles. The third-order valence-corrected chi connectivity index (χ3v) is 3.55. The van der Waals surface area contributed by atoms with E-state index in [0.717, 1.165) is 16.9 Å². The van der Waals surface area contributed by atoms with Crippen molar-refractivity contribution >= 4 is 11.6 Å². The zero-order chi connectivity index (χ0) is 17.2. The van der Waals surface area contributed by atoms with Crippen LogP contribution in [0.4, 0.5) is 18.9 Å². The number of morpholine rings is 1. The van der Waals surface area contributed by atoms with Crippen molar-refractivity contribution in [3.8, 4) is 5.69 Å². The average Bonchev–Trinajstić information content (AvgIpc) is 3.06. The van der Waals surface area contributed by atoms with Crippen LogP contribution in [0.2, 0.25) is 0 Å². The molecule has 128 valence electrons. The smallest absolute Gasteiger partial charge is 0.378 e. The summed E-state index contributed by atoms with van der Waals surface area (Å²) >= 11 is 0. The van der Waals surface area contributed by atoms with E-state index >= 15 is 0 Å². The van der Waals surface area contributed by atoms with Crippen molar-refractivity contribution in [3.63, 3.8) is 0 Å². The summed E-state index contributed by atoms with van der Waals surface area (Å²) in [4.78, 5) is 12.0. The number of carbonyl (C=O) groups excluding carboxylic acids is 1. The second kappa shape index (κ2) is 6.62. The Morgan fingerprint density at radius 3 is 2.67 bits per heavy atom. The Morgan fingerprint density at radius 1 is 1.29 bits per heavy atom. The van der Waals surface area contributed by atoms with E-state index in [1.54, 1.807) is 0 Å². The molecule has 1 fully saturated rings. The van der Waals surface area contributed by atoms with E-state index in [1.165, 1.54) is 24.3 Å². The van der Waals surface area contributed by atoms with E-state index in [0.29, 0.717) is 18.8 Å². The summed E-state index contributed by atoms with van der Waals surface area (Å²) in [6.07, 6.45) is -3.40. The summed E-state index contributed by atoms with van der Waals surface area (Å²) in [5.41, 5.74) is -0.121. The quantitative estimate of drug-likeness (QED) is 0.894. The first-order valence-corrected chi connectivity index (χ1v) is 7.29. The van der Waals surface area contributed by atoms with E-state index in [4.69, 9.17) is 4.74 Å². The van der Waals surface area contributed by atoms with Crippen LogP contribution in [0.1, 0.15) is 5.69 Å². The zero-order valence-electron chi connectivity index (χ0n) is 12.5. The van der Waals surface area contributed by atoms with Gasteiger partial charge in [-0.25, -0.2) is 4.68 Å². The zero-order valence-corrected chi connectivity index (χ0v) is 12.5. The van der Waals surface area contributed by atoms with Crippen LogP contribution < -0.4 is 10.6 Å². The molecule has 1 aromatic carbocycles. The molecule has 1 amide bonds. The van der Waals surface area contributed by atoms with Crippen LogP contribution in [0.15, 0.2) is 36.5 Å². The normalized spacial score (nSPS) is 18.4. The molecular formula is C15H15F3N4O2. The molecule has 1 atom stereocenters. The molecule has 1 aromatic heterocycles. The highest BCUT2D eigenvalue weighted by Crippen LogP contribution is 2.30. The Labute approximate surface area is 135 Å². The second-order valence-corrected chi connectivity index (χ2v) is 5.24. The van der Waals surface area contributed by atoms with Crippen LogP contribution in [0, 0.1) is 0 Å². The van der Waals surface area contributed by atoms with E-state index in [-0.39, 0.29) is 18.2 Å². The lowest BCUT2D eigenvalue weighted by molar-refractivity contribution is -0.142. The number of rotatable bonds is 3. The van der Waals surface area contributed by atoms with E-state index in [9.17, 15) is 18.0 Å². The molecule has 1 unspecified atom stereocenters. The minimum atomic E-state index is -4.49. The molecule has 1 aliphatic rings. The molecule has 2 aromatic rings. The van der Waals surface area contributed by atoms with Gasteiger partial charge in [-0.3, -0.25) is 4.79 Å². The van der Waals surface area contributed by atoms with Gasteiger partial charge >= 0.3 is 6.18 Å². The van der Waals surface area contributed by atoms with Gasteiger partial charge in [0.2, 0.25) is 5.91 Å². The molecule has 6 nitrogen and oxygen atoms in total. The monoisotopic (exact) mass is 340 g/mol. The van der Waals surface area contributed by atoms with Gasteiger partial charge in [0.05, 0.1) is 25.1 Å². The molecule has 2 N–H and O–H groups in total. The number of hydrogen-bond acceptors (Lipinski definition) is 4. The predicted molar refractivity (Wildman–Crippen MR) is 79.8 cm³/mol. The van der Waals surface area contributed by atoms with Crippen molar-refractivity contribution in [2.24, 2.45) is 0 Å². The molecule has 1 saturated heterocycles. The van der Waals surface area contributed by atoms with Crippen molar-refractivity contribution in [1.29, 1.82) is 0 Å². The fourth-order valence-electron chi connectivity index (χ4n) is 2.37. The van der Waals surface area contributed by atoms with Gasteiger partial charge in [-0.15, -0.1) is 0 Å². The SMILES string of the molecule is O=C(Nc1ccc(-n2nccc2C(F)(F)F)cc1)C1COCCN1. The van der Waals surface area contributed by atoms with Gasteiger partial charge in [-0.05, 0) is 30.3 Å². The van der Waals surface area contributed by atoms with Crippen LogP contribution >= 0.6 is 0 Å². The number of carbonyl (C=O) groups is 1. The maximum absolute atomic E-state index is 12.9. The van der Waals surface area contributed by atoms with Crippen molar-refractivity contribution in [1.82, 2.24) is 15.1 Å². The van der Waals surface area contributed by atoms with Gasteiger partial charge in [-0.1, -0.05) is 0 Å². The third-order valence-electron chi connectivity index (χ3n) is 3.55. The predicted octanol–water partition coefficient (Wildman–Crippen LogP) is 1.82. The lowest BCUT2D eigenvalue weighted by Crippen LogP contribution is -2.48. The number of hydrogen-bond donors (Lipinski definition) is 2. The van der Waals surface area contributed by atoms with Crippen LogP contribution in [0.5, 0.6) is 0 Å². The summed E-state index contributed by atoms with van der Waals surface area (Å²) in [5, 5.41) is 9.42. The molecule has 0 radical (unpaired) electrons. The number of aromatic nitrogens is 2. The Balaban J connectivity index is 1.72. The standard InChI is InChI=1S/C15H15F3N4O2/c16-15(17,18)13-5-6-20-22(13)11-3-1-10(2-4-11)21-14(23)12-9-24-8-7-19-12/h1-6,12,19H,7-9H2,(H,21,23). The third kappa shape index (κ3) is 3.57. The average molecular weight is 340 g/mol. The Kier molecular flexibility index (Phi) is 4.54. The number of halogens is 3. The van der Waals surface area contributed by atoms with Crippen molar-refractivity contribution < 1.29 is 22.7 Å². The van der Waals surface area contributed by atoms with Crippen molar-refractivity contribution in [3.05, 3.63) is 42.2 Å². The molecule has 1 aliphatic heterocycles. The minimum Gasteiger partial charge on any atom is -0.378 e. The molecule has 3 rings (SSSR count). The van der Waals surface area contributed by atoms with Crippen LogP contribution in [-0.2, 0) is 15.7 Å². The molecule has 24 heavy (non-hydrogen) atoms. The van der Waals surface area contributed by atoms with Gasteiger partial charge < -0.3 is 15.4 Å².